The van der Waals surface area contributed by atoms with Gasteiger partial charge in [-0.05, 0) is 53.2 Å². The van der Waals surface area contributed by atoms with Gasteiger partial charge in [-0.3, -0.25) is 9.80 Å². The highest BCUT2D eigenvalue weighted by molar-refractivity contribution is 8.00. The van der Waals surface area contributed by atoms with Crippen molar-refractivity contribution in [2.45, 2.75) is 36.6 Å². The summed E-state index contributed by atoms with van der Waals surface area (Å²) in [4.78, 5) is 5.42. The number of thioether (sulfide) groups is 1. The smallest absolute Gasteiger partial charge is 0.125 e. The van der Waals surface area contributed by atoms with Crippen LogP contribution in [-0.2, 0) is 6.42 Å². The summed E-state index contributed by atoms with van der Waals surface area (Å²) in [6.45, 7) is 4.27. The van der Waals surface area contributed by atoms with Gasteiger partial charge in [0.25, 0.3) is 0 Å². The van der Waals surface area contributed by atoms with Crippen LogP contribution >= 0.6 is 11.8 Å². The van der Waals surface area contributed by atoms with Crippen molar-refractivity contribution in [2.24, 2.45) is 0 Å². The van der Waals surface area contributed by atoms with Crippen molar-refractivity contribution in [3.05, 3.63) is 29.3 Å². The van der Waals surface area contributed by atoms with E-state index in [9.17, 15) is 5.26 Å². The molecule has 1 rings (SSSR count). The number of rotatable bonds is 6. The molecular formula is C16H25N3S. The van der Waals surface area contributed by atoms with Gasteiger partial charge in [0.1, 0.15) is 5.25 Å². The SMILES string of the molecule is CCc1cc(C)ccc1SC(C#N)C(N(C)C)N(C)C. The Kier molecular flexibility index (Phi) is 6.54. The first-order valence-corrected chi connectivity index (χ1v) is 7.77. The number of nitriles is 1. The predicted molar refractivity (Wildman–Crippen MR) is 87.0 cm³/mol. The standard InChI is InChI=1S/C16H25N3S/c1-7-13-10-12(2)8-9-14(13)20-15(11-17)16(18(3)4)19(5)6/h8-10,15-16H,7H2,1-6H3. The molecular weight excluding hydrogens is 266 g/mol. The lowest BCUT2D eigenvalue weighted by Crippen LogP contribution is -2.47. The van der Waals surface area contributed by atoms with E-state index >= 15 is 0 Å². The molecule has 0 aliphatic heterocycles. The number of nitrogens with zero attached hydrogens (tertiary/aromatic N) is 3. The molecule has 0 spiro atoms. The molecule has 1 atom stereocenters. The van der Waals surface area contributed by atoms with Crippen molar-refractivity contribution in [2.75, 3.05) is 28.2 Å². The summed E-state index contributed by atoms with van der Waals surface area (Å²) >= 11 is 1.67. The minimum absolute atomic E-state index is 0.0935. The average molecular weight is 291 g/mol. The van der Waals surface area contributed by atoms with Gasteiger partial charge in [-0.1, -0.05) is 24.6 Å². The molecule has 0 fully saturated rings. The zero-order valence-corrected chi connectivity index (χ0v) is 14.2. The summed E-state index contributed by atoms with van der Waals surface area (Å²) in [5, 5.41) is 9.43. The first-order valence-electron chi connectivity index (χ1n) is 6.89. The molecule has 0 aliphatic carbocycles. The van der Waals surface area contributed by atoms with E-state index in [0.29, 0.717) is 0 Å². The highest BCUT2D eigenvalue weighted by Crippen LogP contribution is 2.31. The molecule has 1 aromatic rings. The summed E-state index contributed by atoms with van der Waals surface area (Å²) in [7, 11) is 8.08. The maximum atomic E-state index is 9.55. The second-order valence-electron chi connectivity index (χ2n) is 5.47. The Balaban J connectivity index is 3.02. The Morgan fingerprint density at radius 2 is 1.80 bits per heavy atom. The van der Waals surface area contributed by atoms with Crippen LogP contribution in [0.4, 0.5) is 0 Å². The first-order chi connectivity index (χ1) is 9.40. The molecule has 3 nitrogen and oxygen atoms in total. The van der Waals surface area contributed by atoms with E-state index in [4.69, 9.17) is 0 Å². The van der Waals surface area contributed by atoms with Gasteiger partial charge in [0, 0.05) is 4.90 Å². The van der Waals surface area contributed by atoms with Crippen LogP contribution < -0.4 is 0 Å². The largest absolute Gasteiger partial charge is 0.292 e. The zero-order chi connectivity index (χ0) is 15.3. The second-order valence-corrected chi connectivity index (χ2v) is 6.66. The molecule has 0 aromatic heterocycles. The van der Waals surface area contributed by atoms with Gasteiger partial charge in [0.15, 0.2) is 0 Å². The van der Waals surface area contributed by atoms with Crippen molar-refractivity contribution in [1.82, 2.24) is 9.80 Å². The van der Waals surface area contributed by atoms with Gasteiger partial charge >= 0.3 is 0 Å². The third-order valence-corrected chi connectivity index (χ3v) is 4.56. The van der Waals surface area contributed by atoms with Crippen LogP contribution in [0.5, 0.6) is 0 Å². The first kappa shape index (κ1) is 17.0. The molecule has 1 aromatic carbocycles. The van der Waals surface area contributed by atoms with Gasteiger partial charge in [-0.15, -0.1) is 11.8 Å². The lowest BCUT2D eigenvalue weighted by atomic mass is 10.1. The summed E-state index contributed by atoms with van der Waals surface area (Å²) < 4.78 is 0. The van der Waals surface area contributed by atoms with Gasteiger partial charge in [0.05, 0.1) is 12.2 Å². The number of hydrogen-bond donors (Lipinski definition) is 0. The molecule has 0 heterocycles. The quantitative estimate of drug-likeness (QED) is 0.595. The average Bonchev–Trinajstić information content (AvgIpc) is 2.38. The lowest BCUT2D eigenvalue weighted by molar-refractivity contribution is 0.138. The van der Waals surface area contributed by atoms with Crippen molar-refractivity contribution < 1.29 is 0 Å². The van der Waals surface area contributed by atoms with Crippen LogP contribution in [0.25, 0.3) is 0 Å². The van der Waals surface area contributed by atoms with Crippen molar-refractivity contribution >= 4 is 11.8 Å². The van der Waals surface area contributed by atoms with Crippen LogP contribution in [-0.4, -0.2) is 49.4 Å². The Morgan fingerprint density at radius 1 is 1.20 bits per heavy atom. The molecule has 0 aliphatic rings. The highest BCUT2D eigenvalue weighted by Gasteiger charge is 2.27. The van der Waals surface area contributed by atoms with Gasteiger partial charge < -0.3 is 0 Å². The molecule has 0 saturated carbocycles. The fourth-order valence-corrected chi connectivity index (χ4v) is 3.83. The Morgan fingerprint density at radius 3 is 2.25 bits per heavy atom. The third-order valence-electron chi connectivity index (χ3n) is 3.31. The van der Waals surface area contributed by atoms with Crippen LogP contribution in [0.15, 0.2) is 23.1 Å². The Hall–Kier alpha value is -1.02. The van der Waals surface area contributed by atoms with E-state index in [1.54, 1.807) is 11.8 Å². The normalized spacial score (nSPS) is 13.0. The minimum atomic E-state index is -0.118. The van der Waals surface area contributed by atoms with Crippen molar-refractivity contribution in [3.8, 4) is 6.07 Å². The zero-order valence-electron chi connectivity index (χ0n) is 13.3. The monoisotopic (exact) mass is 291 g/mol. The van der Waals surface area contributed by atoms with Crippen LogP contribution in [0.1, 0.15) is 18.1 Å². The number of hydrogen-bond acceptors (Lipinski definition) is 4. The molecule has 0 bridgehead atoms. The summed E-state index contributed by atoms with van der Waals surface area (Å²) in [6.07, 6.45) is 1.09. The molecule has 20 heavy (non-hydrogen) atoms. The molecule has 110 valence electrons. The highest BCUT2D eigenvalue weighted by atomic mass is 32.2. The maximum absolute atomic E-state index is 9.55. The van der Waals surface area contributed by atoms with E-state index in [-0.39, 0.29) is 11.4 Å². The molecule has 0 N–H and O–H groups in total. The molecule has 1 unspecified atom stereocenters. The van der Waals surface area contributed by atoms with Crippen LogP contribution in [0, 0.1) is 18.3 Å². The lowest BCUT2D eigenvalue weighted by Gasteiger charge is -2.33. The van der Waals surface area contributed by atoms with Crippen LogP contribution in [0.3, 0.4) is 0 Å². The van der Waals surface area contributed by atoms with E-state index in [0.717, 1.165) is 6.42 Å². The van der Waals surface area contributed by atoms with Gasteiger partial charge in [-0.2, -0.15) is 5.26 Å². The molecule has 4 heteroatoms. The van der Waals surface area contributed by atoms with Gasteiger partial charge in [-0.25, -0.2) is 0 Å². The predicted octanol–water partition coefficient (Wildman–Crippen LogP) is 2.99. The third kappa shape index (κ3) is 4.24. The van der Waals surface area contributed by atoms with E-state index < -0.39 is 0 Å². The molecule has 0 radical (unpaired) electrons. The summed E-state index contributed by atoms with van der Waals surface area (Å²) in [5.41, 5.74) is 2.60. The fourth-order valence-electron chi connectivity index (χ4n) is 2.39. The maximum Gasteiger partial charge on any atom is 0.125 e. The summed E-state index contributed by atoms with van der Waals surface area (Å²) in [6, 6.07) is 8.94. The van der Waals surface area contributed by atoms with Crippen LogP contribution in [0.2, 0.25) is 0 Å². The molecule has 0 amide bonds. The van der Waals surface area contributed by atoms with Gasteiger partial charge in [0.2, 0.25) is 0 Å². The Labute approximate surface area is 127 Å². The van der Waals surface area contributed by atoms with E-state index in [2.05, 4.69) is 47.9 Å². The van der Waals surface area contributed by atoms with E-state index in [1.165, 1.54) is 16.0 Å². The fraction of sp³-hybridized carbons (Fsp3) is 0.562. The van der Waals surface area contributed by atoms with Crippen molar-refractivity contribution in [1.29, 1.82) is 5.26 Å². The van der Waals surface area contributed by atoms with E-state index in [1.807, 2.05) is 28.2 Å². The van der Waals surface area contributed by atoms with Crippen molar-refractivity contribution in [3.63, 3.8) is 0 Å². The minimum Gasteiger partial charge on any atom is -0.292 e. The number of aryl methyl sites for hydroxylation is 2. The number of benzene rings is 1. The molecule has 0 saturated heterocycles. The Bertz CT molecular complexity index is 469. The topological polar surface area (TPSA) is 30.3 Å². The summed E-state index contributed by atoms with van der Waals surface area (Å²) in [5.74, 6) is 0. The second kappa shape index (κ2) is 7.68.